The molecule has 32 heavy (non-hydrogen) atoms. The van der Waals surface area contributed by atoms with Gasteiger partial charge in [-0.05, 0) is 25.7 Å². The third-order valence-corrected chi connectivity index (χ3v) is 6.16. The van der Waals surface area contributed by atoms with Crippen LogP contribution in [0.5, 0.6) is 0 Å². The zero-order valence-electron chi connectivity index (χ0n) is 21.5. The monoisotopic (exact) mass is 450 g/mol. The first kappa shape index (κ1) is 30.9. The van der Waals surface area contributed by atoms with E-state index in [9.17, 15) is 9.90 Å². The third-order valence-electron chi connectivity index (χ3n) is 6.16. The van der Waals surface area contributed by atoms with Gasteiger partial charge < -0.3 is 9.84 Å². The molecule has 0 bridgehead atoms. The molecule has 0 fully saturated rings. The third kappa shape index (κ3) is 25.2. The highest BCUT2D eigenvalue weighted by molar-refractivity contribution is 5.68. The number of rotatable bonds is 24. The summed E-state index contributed by atoms with van der Waals surface area (Å²) in [5.41, 5.74) is 0. The summed E-state index contributed by atoms with van der Waals surface area (Å²) in [6, 6.07) is 0. The minimum atomic E-state index is -0.304. The summed E-state index contributed by atoms with van der Waals surface area (Å²) in [5, 5.41) is 10.1. The molecule has 188 valence electrons. The Morgan fingerprint density at radius 1 is 0.719 bits per heavy atom. The van der Waals surface area contributed by atoms with Crippen LogP contribution in [0.25, 0.3) is 0 Å². The second-order valence-corrected chi connectivity index (χ2v) is 9.29. The van der Waals surface area contributed by atoms with Crippen LogP contribution in [0.1, 0.15) is 142 Å². The van der Waals surface area contributed by atoms with Crippen LogP contribution in [0.4, 0.5) is 0 Å². The Balaban J connectivity index is 3.34. The number of carbonyl (C=O) groups excluding carboxylic acids is 1. The van der Waals surface area contributed by atoms with Crippen LogP contribution in [0.3, 0.4) is 0 Å². The number of aliphatic hydroxyl groups is 1. The lowest BCUT2D eigenvalue weighted by molar-refractivity contribution is -0.140. The maximum Gasteiger partial charge on any atom is 0.305 e. The fourth-order valence-corrected chi connectivity index (χ4v) is 4.00. The lowest BCUT2D eigenvalue weighted by Crippen LogP contribution is -2.01. The maximum atomic E-state index is 11.0. The lowest BCUT2D eigenvalue weighted by Gasteiger charge is -2.05. The van der Waals surface area contributed by atoms with Gasteiger partial charge in [0, 0.05) is 6.42 Å². The molecule has 0 saturated carbocycles. The molecule has 0 saturated heterocycles. The van der Waals surface area contributed by atoms with Crippen molar-refractivity contribution >= 4 is 5.97 Å². The first-order valence-corrected chi connectivity index (χ1v) is 13.8. The summed E-state index contributed by atoms with van der Waals surface area (Å²) in [7, 11) is 1.45. The van der Waals surface area contributed by atoms with Gasteiger partial charge in [0.15, 0.2) is 0 Å². The van der Waals surface area contributed by atoms with Gasteiger partial charge in [0.2, 0.25) is 0 Å². The second-order valence-electron chi connectivity index (χ2n) is 9.29. The number of hydrogen-bond donors (Lipinski definition) is 1. The summed E-state index contributed by atoms with van der Waals surface area (Å²) in [4.78, 5) is 11.0. The van der Waals surface area contributed by atoms with E-state index in [0.717, 1.165) is 32.1 Å². The van der Waals surface area contributed by atoms with Crippen LogP contribution in [0.15, 0.2) is 24.3 Å². The maximum absolute atomic E-state index is 11.0. The molecule has 1 atom stereocenters. The molecule has 0 rings (SSSR count). The van der Waals surface area contributed by atoms with Crippen LogP contribution < -0.4 is 0 Å². The standard InChI is InChI=1S/C29H54O3/c1-3-4-5-6-7-8-9-10-11-13-16-19-22-25-28(30)26-23-20-17-14-12-15-18-21-24-27-29(31)32-2/h17,20,23,26,28,30H,3-16,18-19,21-22,24-25,27H2,1-2H3/b20-17+,26-23+/t28-/m1/s1. The van der Waals surface area contributed by atoms with Gasteiger partial charge in [0.05, 0.1) is 13.2 Å². The Kier molecular flexibility index (Phi) is 25.3. The number of methoxy groups -OCH3 is 1. The zero-order valence-corrected chi connectivity index (χ0v) is 21.5. The molecule has 0 amide bonds. The summed E-state index contributed by atoms with van der Waals surface area (Å²) in [6.45, 7) is 2.28. The average molecular weight is 451 g/mol. The Labute approximate surface area is 200 Å². The fraction of sp³-hybridized carbons (Fsp3) is 0.828. The molecule has 0 spiro atoms. The molecule has 3 heteroatoms. The minimum Gasteiger partial charge on any atom is -0.469 e. The number of ether oxygens (including phenoxy) is 1. The lowest BCUT2D eigenvalue weighted by atomic mass is 10.0. The molecule has 0 aromatic heterocycles. The molecule has 0 aromatic carbocycles. The Morgan fingerprint density at radius 2 is 1.22 bits per heavy atom. The van der Waals surface area contributed by atoms with Crippen molar-refractivity contribution in [2.45, 2.75) is 148 Å². The summed E-state index contributed by atoms with van der Waals surface area (Å²) in [5.74, 6) is -0.101. The summed E-state index contributed by atoms with van der Waals surface area (Å²) in [6.07, 6.45) is 33.7. The van der Waals surface area contributed by atoms with Crippen LogP contribution in [0, 0.1) is 0 Å². The van der Waals surface area contributed by atoms with E-state index in [0.29, 0.717) is 6.42 Å². The van der Waals surface area contributed by atoms with Gasteiger partial charge in [0.25, 0.3) is 0 Å². The Morgan fingerprint density at radius 3 is 1.78 bits per heavy atom. The van der Waals surface area contributed by atoms with Gasteiger partial charge >= 0.3 is 5.97 Å². The van der Waals surface area contributed by atoms with Crippen molar-refractivity contribution in [1.29, 1.82) is 0 Å². The molecule has 0 aliphatic heterocycles. The molecule has 3 nitrogen and oxygen atoms in total. The molecule has 0 aliphatic carbocycles. The molecular formula is C29H54O3. The molecule has 0 aliphatic rings. The highest BCUT2D eigenvalue weighted by Crippen LogP contribution is 2.13. The summed E-state index contributed by atoms with van der Waals surface area (Å²) >= 11 is 0. The highest BCUT2D eigenvalue weighted by Gasteiger charge is 2.00. The van der Waals surface area contributed by atoms with Gasteiger partial charge in [-0.3, -0.25) is 4.79 Å². The molecule has 1 N–H and O–H groups in total. The van der Waals surface area contributed by atoms with Gasteiger partial charge in [-0.25, -0.2) is 0 Å². The molecule has 0 heterocycles. The largest absolute Gasteiger partial charge is 0.469 e. The number of allylic oxidation sites excluding steroid dienone is 3. The fourth-order valence-electron chi connectivity index (χ4n) is 4.00. The van der Waals surface area contributed by atoms with Crippen molar-refractivity contribution in [3.8, 4) is 0 Å². The van der Waals surface area contributed by atoms with Crippen molar-refractivity contribution in [3.63, 3.8) is 0 Å². The number of hydrogen-bond acceptors (Lipinski definition) is 3. The van der Waals surface area contributed by atoms with Crippen LogP contribution in [-0.4, -0.2) is 24.3 Å². The molecule has 0 radical (unpaired) electrons. The van der Waals surface area contributed by atoms with Crippen molar-refractivity contribution < 1.29 is 14.6 Å². The predicted octanol–water partition coefficient (Wildman–Crippen LogP) is 8.84. The van der Waals surface area contributed by atoms with Gasteiger partial charge in [-0.15, -0.1) is 0 Å². The first-order valence-electron chi connectivity index (χ1n) is 13.8. The van der Waals surface area contributed by atoms with Crippen LogP contribution in [-0.2, 0) is 9.53 Å². The average Bonchev–Trinajstić information content (AvgIpc) is 2.80. The van der Waals surface area contributed by atoms with Crippen molar-refractivity contribution in [2.24, 2.45) is 0 Å². The van der Waals surface area contributed by atoms with Crippen molar-refractivity contribution in [1.82, 2.24) is 0 Å². The Bertz CT molecular complexity index is 442. The zero-order chi connectivity index (χ0) is 23.5. The second kappa shape index (κ2) is 26.2. The number of unbranched alkanes of at least 4 members (excludes halogenated alkanes) is 17. The number of aliphatic hydroxyl groups excluding tert-OH is 1. The van der Waals surface area contributed by atoms with Gasteiger partial charge in [-0.1, -0.05) is 134 Å². The van der Waals surface area contributed by atoms with E-state index in [2.05, 4.69) is 23.8 Å². The number of esters is 1. The first-order chi connectivity index (χ1) is 15.7. The highest BCUT2D eigenvalue weighted by atomic mass is 16.5. The van der Waals surface area contributed by atoms with E-state index in [4.69, 9.17) is 0 Å². The Hall–Kier alpha value is -1.09. The van der Waals surface area contributed by atoms with Crippen LogP contribution in [0.2, 0.25) is 0 Å². The van der Waals surface area contributed by atoms with Crippen LogP contribution >= 0.6 is 0 Å². The van der Waals surface area contributed by atoms with E-state index >= 15 is 0 Å². The van der Waals surface area contributed by atoms with E-state index < -0.39 is 0 Å². The molecule has 0 unspecified atom stereocenters. The molecular weight excluding hydrogens is 396 g/mol. The normalized spacial score (nSPS) is 12.7. The minimum absolute atomic E-state index is 0.101. The van der Waals surface area contributed by atoms with Crippen molar-refractivity contribution in [2.75, 3.05) is 7.11 Å². The SMILES string of the molecule is CCCCCCCCCCCCCCC[C@@H](O)/C=C/C=C/CCCCCCCC(=O)OC. The van der Waals surface area contributed by atoms with Crippen molar-refractivity contribution in [3.05, 3.63) is 24.3 Å². The topological polar surface area (TPSA) is 46.5 Å². The van der Waals surface area contributed by atoms with E-state index in [-0.39, 0.29) is 12.1 Å². The summed E-state index contributed by atoms with van der Waals surface area (Å²) < 4.78 is 4.64. The van der Waals surface area contributed by atoms with E-state index in [1.165, 1.54) is 103 Å². The van der Waals surface area contributed by atoms with Gasteiger partial charge in [0.1, 0.15) is 0 Å². The smallest absolute Gasteiger partial charge is 0.305 e. The van der Waals surface area contributed by atoms with Gasteiger partial charge in [-0.2, -0.15) is 0 Å². The molecule has 0 aromatic rings. The number of carbonyl (C=O) groups is 1. The quantitative estimate of drug-likeness (QED) is 0.0907. The van der Waals surface area contributed by atoms with E-state index in [1.807, 2.05) is 12.2 Å². The predicted molar refractivity (Wildman–Crippen MR) is 139 cm³/mol. The van der Waals surface area contributed by atoms with E-state index in [1.54, 1.807) is 0 Å².